The lowest BCUT2D eigenvalue weighted by Crippen LogP contribution is -2.35. The van der Waals surface area contributed by atoms with Crippen molar-refractivity contribution < 1.29 is 29.3 Å². The first-order chi connectivity index (χ1) is 16.5. The highest BCUT2D eigenvalue weighted by molar-refractivity contribution is 6.46. The summed E-state index contributed by atoms with van der Waals surface area (Å²) >= 11 is 0. The van der Waals surface area contributed by atoms with Gasteiger partial charge in [0.05, 0.1) is 25.3 Å². The molecule has 1 fully saturated rings. The molecule has 3 rings (SSSR count). The lowest BCUT2D eigenvalue weighted by atomic mass is 9.93. The van der Waals surface area contributed by atoms with Crippen molar-refractivity contribution in [2.45, 2.75) is 26.8 Å². The predicted molar refractivity (Wildman–Crippen MR) is 134 cm³/mol. The van der Waals surface area contributed by atoms with E-state index < -0.39 is 17.7 Å². The number of nitrogens with zero attached hydrogens (tertiary/aromatic N) is 2. The molecule has 1 atom stereocenters. The number of aliphatic hydroxyl groups is 1. The summed E-state index contributed by atoms with van der Waals surface area (Å²) in [5, 5.41) is 21.4. The van der Waals surface area contributed by atoms with E-state index >= 15 is 0 Å². The van der Waals surface area contributed by atoms with Crippen LogP contribution in [0.5, 0.6) is 17.2 Å². The Kier molecular flexibility index (Phi) is 8.07. The van der Waals surface area contributed by atoms with Crippen molar-refractivity contribution in [3.05, 3.63) is 58.7 Å². The Labute approximate surface area is 206 Å². The predicted octanol–water partition coefficient (Wildman–Crippen LogP) is 3.73. The summed E-state index contributed by atoms with van der Waals surface area (Å²) in [5.41, 5.74) is 1.71. The first-order valence-corrected chi connectivity index (χ1v) is 11.6. The number of phenols is 1. The zero-order valence-corrected chi connectivity index (χ0v) is 21.2. The molecule has 1 amide bonds. The summed E-state index contributed by atoms with van der Waals surface area (Å²) in [6.45, 7) is 7.30. The Bertz CT molecular complexity index is 1140. The molecule has 0 aromatic heterocycles. The van der Waals surface area contributed by atoms with Crippen molar-refractivity contribution in [2.24, 2.45) is 5.92 Å². The molecule has 8 nitrogen and oxygen atoms in total. The third kappa shape index (κ3) is 5.59. The number of ether oxygens (including phenoxy) is 2. The van der Waals surface area contributed by atoms with Gasteiger partial charge in [-0.15, -0.1) is 0 Å². The average Bonchev–Trinajstić information content (AvgIpc) is 3.06. The van der Waals surface area contributed by atoms with Gasteiger partial charge in [-0.1, -0.05) is 19.9 Å². The van der Waals surface area contributed by atoms with Gasteiger partial charge >= 0.3 is 0 Å². The number of phenolic OH excluding ortho intramolecular Hbond substituents is 1. The maximum atomic E-state index is 13.2. The van der Waals surface area contributed by atoms with Crippen molar-refractivity contribution in [2.75, 3.05) is 40.9 Å². The zero-order chi connectivity index (χ0) is 25.9. The van der Waals surface area contributed by atoms with Gasteiger partial charge in [-0.05, 0) is 68.4 Å². The normalized spacial score (nSPS) is 17.5. The highest BCUT2D eigenvalue weighted by atomic mass is 16.5. The van der Waals surface area contributed by atoms with Crippen LogP contribution in [0.4, 0.5) is 0 Å². The molecule has 1 saturated heterocycles. The maximum Gasteiger partial charge on any atom is 0.295 e. The van der Waals surface area contributed by atoms with Crippen molar-refractivity contribution in [3.8, 4) is 17.2 Å². The number of Topliss-reactive ketones (excluding diaryl/α,β-unsaturated/α-hetero) is 1. The molecule has 1 aliphatic rings. The molecule has 2 aromatic rings. The lowest BCUT2D eigenvalue weighted by Gasteiger charge is -2.27. The molecular formula is C27H34N2O6. The van der Waals surface area contributed by atoms with Crippen molar-refractivity contribution in [1.82, 2.24) is 9.80 Å². The van der Waals surface area contributed by atoms with Gasteiger partial charge in [0, 0.05) is 18.7 Å². The molecule has 35 heavy (non-hydrogen) atoms. The Balaban J connectivity index is 2.12. The summed E-state index contributed by atoms with van der Waals surface area (Å²) in [4.78, 5) is 29.6. The molecule has 0 unspecified atom stereocenters. The first kappa shape index (κ1) is 26.1. The number of aliphatic hydroxyl groups excluding tert-OH is 1. The third-order valence-electron chi connectivity index (χ3n) is 5.88. The maximum absolute atomic E-state index is 13.2. The number of amides is 1. The van der Waals surface area contributed by atoms with Crippen molar-refractivity contribution in [3.63, 3.8) is 0 Å². The van der Waals surface area contributed by atoms with Crippen LogP contribution in [-0.4, -0.2) is 72.6 Å². The van der Waals surface area contributed by atoms with Gasteiger partial charge in [-0.3, -0.25) is 9.59 Å². The van der Waals surface area contributed by atoms with Crippen LogP contribution in [-0.2, 0) is 9.59 Å². The standard InChI is InChI=1S/C27H34N2O6/c1-16(2)15-35-19-8-9-20(17(3)13-19)25(31)23-24(18-7-10-21(30)22(14-18)34-6)29(12-11-28(4)5)27(33)26(23)32/h7-10,13-14,16,24,30-31H,11-12,15H2,1-6H3/b25-23+/t24-/m0/s1. The van der Waals surface area contributed by atoms with E-state index in [0.717, 1.165) is 0 Å². The molecule has 0 bridgehead atoms. The third-order valence-corrected chi connectivity index (χ3v) is 5.88. The number of benzene rings is 2. The molecule has 188 valence electrons. The molecule has 1 heterocycles. The van der Waals surface area contributed by atoms with Gasteiger partial charge in [0.2, 0.25) is 0 Å². The van der Waals surface area contributed by atoms with Crippen LogP contribution in [0.15, 0.2) is 42.0 Å². The molecular weight excluding hydrogens is 448 g/mol. The second kappa shape index (κ2) is 10.8. The SMILES string of the molecule is COc1cc([C@H]2/C(=C(\O)c3ccc(OCC(C)C)cc3C)C(=O)C(=O)N2CCN(C)C)ccc1O. The van der Waals surface area contributed by atoms with E-state index in [2.05, 4.69) is 13.8 Å². The van der Waals surface area contributed by atoms with E-state index in [1.165, 1.54) is 18.1 Å². The fourth-order valence-electron chi connectivity index (χ4n) is 4.03. The molecule has 2 N–H and O–H groups in total. The van der Waals surface area contributed by atoms with Gasteiger partial charge in [0.15, 0.2) is 11.5 Å². The van der Waals surface area contributed by atoms with Gasteiger partial charge in [0.1, 0.15) is 11.5 Å². The summed E-state index contributed by atoms with van der Waals surface area (Å²) in [5.74, 6) is -0.501. The minimum absolute atomic E-state index is 0.000415. The number of likely N-dealkylation sites (tertiary alicyclic amines) is 1. The van der Waals surface area contributed by atoms with Gasteiger partial charge in [-0.25, -0.2) is 0 Å². The largest absolute Gasteiger partial charge is 0.507 e. The molecule has 0 saturated carbocycles. The van der Waals surface area contributed by atoms with E-state index in [0.29, 0.717) is 41.5 Å². The molecule has 8 heteroatoms. The smallest absolute Gasteiger partial charge is 0.295 e. The summed E-state index contributed by atoms with van der Waals surface area (Å²) < 4.78 is 11.0. The number of hydrogen-bond donors (Lipinski definition) is 2. The summed E-state index contributed by atoms with van der Waals surface area (Å²) in [7, 11) is 5.18. The summed E-state index contributed by atoms with van der Waals surface area (Å²) in [6.07, 6.45) is 0. The van der Waals surface area contributed by atoms with Crippen LogP contribution in [0.1, 0.15) is 36.6 Å². The average molecular weight is 483 g/mol. The van der Waals surface area contributed by atoms with Crippen LogP contribution in [0, 0.1) is 12.8 Å². The quantitative estimate of drug-likeness (QED) is 0.319. The number of aryl methyl sites for hydroxylation is 1. The number of aromatic hydroxyl groups is 1. The minimum Gasteiger partial charge on any atom is -0.507 e. The number of rotatable bonds is 9. The minimum atomic E-state index is -0.833. The van der Waals surface area contributed by atoms with Crippen LogP contribution in [0.25, 0.3) is 5.76 Å². The topological polar surface area (TPSA) is 99.5 Å². The van der Waals surface area contributed by atoms with Crippen LogP contribution < -0.4 is 9.47 Å². The van der Waals surface area contributed by atoms with E-state index in [1.807, 2.05) is 25.9 Å². The fraction of sp³-hybridized carbons (Fsp3) is 0.407. The molecule has 0 radical (unpaired) electrons. The van der Waals surface area contributed by atoms with Crippen LogP contribution in [0.2, 0.25) is 0 Å². The number of likely N-dealkylation sites (N-methyl/N-ethyl adjacent to an activating group) is 1. The number of ketones is 1. The second-order valence-corrected chi connectivity index (χ2v) is 9.41. The second-order valence-electron chi connectivity index (χ2n) is 9.41. The van der Waals surface area contributed by atoms with Crippen molar-refractivity contribution in [1.29, 1.82) is 0 Å². The number of carbonyl (C=O) groups excluding carboxylic acids is 2. The molecule has 1 aliphatic heterocycles. The molecule has 0 spiro atoms. The van der Waals surface area contributed by atoms with Gasteiger partial charge in [0.25, 0.3) is 11.7 Å². The van der Waals surface area contributed by atoms with E-state index in [4.69, 9.17) is 9.47 Å². The van der Waals surface area contributed by atoms with E-state index in [9.17, 15) is 19.8 Å². The Morgan fingerprint density at radius 1 is 1.14 bits per heavy atom. The molecule has 2 aromatic carbocycles. The summed E-state index contributed by atoms with van der Waals surface area (Å²) in [6, 6.07) is 9.07. The van der Waals surface area contributed by atoms with Crippen LogP contribution >= 0.6 is 0 Å². The van der Waals surface area contributed by atoms with Crippen LogP contribution in [0.3, 0.4) is 0 Å². The monoisotopic (exact) mass is 482 g/mol. The van der Waals surface area contributed by atoms with Gasteiger partial charge < -0.3 is 29.5 Å². The number of methoxy groups -OCH3 is 1. The highest BCUT2D eigenvalue weighted by Gasteiger charge is 2.46. The Morgan fingerprint density at radius 3 is 2.46 bits per heavy atom. The molecule has 0 aliphatic carbocycles. The van der Waals surface area contributed by atoms with E-state index in [1.54, 1.807) is 30.3 Å². The van der Waals surface area contributed by atoms with Gasteiger partial charge in [-0.2, -0.15) is 0 Å². The number of carbonyl (C=O) groups is 2. The Morgan fingerprint density at radius 2 is 1.86 bits per heavy atom. The fourth-order valence-corrected chi connectivity index (χ4v) is 4.03. The number of hydrogen-bond acceptors (Lipinski definition) is 7. The Hall–Kier alpha value is -3.52. The highest BCUT2D eigenvalue weighted by Crippen LogP contribution is 2.42. The zero-order valence-electron chi connectivity index (χ0n) is 21.2. The lowest BCUT2D eigenvalue weighted by molar-refractivity contribution is -0.140. The van der Waals surface area contributed by atoms with Crippen molar-refractivity contribution >= 4 is 17.4 Å². The van der Waals surface area contributed by atoms with E-state index in [-0.39, 0.29) is 29.4 Å². The first-order valence-electron chi connectivity index (χ1n) is 11.6.